The Hall–Kier alpha value is -1.42. The number of carboxylic acid groups (broad SMARTS) is 1. The molecule has 1 saturated carbocycles. The summed E-state index contributed by atoms with van der Waals surface area (Å²) in [6.45, 7) is 10.1. The number of carboxylic acids is 1. The fourth-order valence-corrected chi connectivity index (χ4v) is 5.23. The Bertz CT molecular complexity index is 640. The third kappa shape index (κ3) is 2.55. The number of hydrogen-bond acceptors (Lipinski definition) is 3. The average Bonchev–Trinajstić information content (AvgIpc) is 2.94. The van der Waals surface area contributed by atoms with Gasteiger partial charge >= 0.3 is 5.97 Å². The minimum Gasteiger partial charge on any atom is -0.481 e. The minimum absolute atomic E-state index is 0.0286. The van der Waals surface area contributed by atoms with Crippen LogP contribution in [0.3, 0.4) is 0 Å². The molecule has 0 aromatic heterocycles. The van der Waals surface area contributed by atoms with Crippen molar-refractivity contribution in [2.24, 2.45) is 23.7 Å². The lowest BCUT2D eigenvalue weighted by atomic mass is 9.65. The SMILES string of the molecule is CC(C)=C[C@H]1O[C@@](C)(CC(=O)O)C2=C1[C@@H](C)[C@@H]1CC[C@H](C)[C@H]1C2=O. The van der Waals surface area contributed by atoms with Crippen LogP contribution >= 0.6 is 0 Å². The second-order valence-corrected chi connectivity index (χ2v) is 8.31. The lowest BCUT2D eigenvalue weighted by Gasteiger charge is -2.36. The van der Waals surface area contributed by atoms with Gasteiger partial charge in [-0.25, -0.2) is 0 Å². The molecule has 0 unspecified atom stereocenters. The molecule has 4 nitrogen and oxygen atoms in total. The summed E-state index contributed by atoms with van der Waals surface area (Å²) in [7, 11) is 0. The summed E-state index contributed by atoms with van der Waals surface area (Å²) < 4.78 is 6.21. The van der Waals surface area contributed by atoms with Gasteiger partial charge in [0, 0.05) is 11.5 Å². The van der Waals surface area contributed by atoms with Crippen LogP contribution < -0.4 is 0 Å². The van der Waals surface area contributed by atoms with E-state index in [1.807, 2.05) is 19.9 Å². The van der Waals surface area contributed by atoms with E-state index >= 15 is 0 Å². The molecule has 3 aliphatic rings. The normalized spacial score (nSPS) is 41.2. The highest BCUT2D eigenvalue weighted by atomic mass is 16.5. The Kier molecular flexibility index (Phi) is 4.23. The van der Waals surface area contributed by atoms with E-state index in [4.69, 9.17) is 4.74 Å². The van der Waals surface area contributed by atoms with Gasteiger partial charge in [-0.2, -0.15) is 0 Å². The summed E-state index contributed by atoms with van der Waals surface area (Å²) in [5.41, 5.74) is 1.80. The Morgan fingerprint density at radius 2 is 2.00 bits per heavy atom. The number of carbonyl (C=O) groups excluding carboxylic acids is 1. The van der Waals surface area contributed by atoms with Gasteiger partial charge in [-0.05, 0) is 56.9 Å². The Morgan fingerprint density at radius 1 is 1.33 bits per heavy atom. The Morgan fingerprint density at radius 3 is 2.58 bits per heavy atom. The number of aliphatic carboxylic acids is 1. The molecule has 6 atom stereocenters. The van der Waals surface area contributed by atoms with Crippen LogP contribution in [0.5, 0.6) is 0 Å². The van der Waals surface area contributed by atoms with Gasteiger partial charge in [-0.1, -0.05) is 25.5 Å². The summed E-state index contributed by atoms with van der Waals surface area (Å²) in [5.74, 6) is 0.256. The van der Waals surface area contributed by atoms with Crippen molar-refractivity contribution in [3.05, 3.63) is 22.8 Å². The molecule has 1 heterocycles. The van der Waals surface area contributed by atoms with Gasteiger partial charge in [-0.3, -0.25) is 9.59 Å². The van der Waals surface area contributed by atoms with Crippen molar-refractivity contribution in [1.29, 1.82) is 0 Å². The number of ether oxygens (including phenoxy) is 1. The molecule has 132 valence electrons. The number of carbonyl (C=O) groups is 2. The van der Waals surface area contributed by atoms with E-state index in [0.717, 1.165) is 24.0 Å². The number of hydrogen-bond donors (Lipinski definition) is 1. The molecule has 1 aliphatic heterocycles. The Balaban J connectivity index is 2.13. The lowest BCUT2D eigenvalue weighted by Crippen LogP contribution is -2.41. The first-order valence-corrected chi connectivity index (χ1v) is 8.99. The van der Waals surface area contributed by atoms with Crippen molar-refractivity contribution in [2.45, 2.75) is 65.6 Å². The number of Topliss-reactive ketones (excluding diaryl/α,β-unsaturated/α-hetero) is 1. The van der Waals surface area contributed by atoms with Crippen molar-refractivity contribution in [1.82, 2.24) is 0 Å². The highest BCUT2D eigenvalue weighted by molar-refractivity contribution is 6.02. The van der Waals surface area contributed by atoms with E-state index in [9.17, 15) is 14.7 Å². The number of rotatable bonds is 3. The maximum atomic E-state index is 13.3. The molecule has 0 amide bonds. The van der Waals surface area contributed by atoms with Crippen LogP contribution in [0.1, 0.15) is 53.9 Å². The largest absolute Gasteiger partial charge is 0.481 e. The average molecular weight is 332 g/mol. The molecule has 3 rings (SSSR count). The molecular weight excluding hydrogens is 304 g/mol. The first-order valence-electron chi connectivity index (χ1n) is 8.99. The molecule has 2 aliphatic carbocycles. The molecular formula is C20H28O4. The molecule has 24 heavy (non-hydrogen) atoms. The van der Waals surface area contributed by atoms with Crippen LogP contribution in [-0.4, -0.2) is 28.6 Å². The molecule has 0 bridgehead atoms. The summed E-state index contributed by atoms with van der Waals surface area (Å²) in [4.78, 5) is 24.7. The highest BCUT2D eigenvalue weighted by Crippen LogP contribution is 2.55. The van der Waals surface area contributed by atoms with E-state index in [0.29, 0.717) is 17.4 Å². The van der Waals surface area contributed by atoms with Crippen LogP contribution in [0, 0.1) is 23.7 Å². The third-order valence-electron chi connectivity index (χ3n) is 6.20. The number of fused-ring (bicyclic) bond motifs is 1. The maximum Gasteiger partial charge on any atom is 0.306 e. The fraction of sp³-hybridized carbons (Fsp3) is 0.700. The quantitative estimate of drug-likeness (QED) is 0.799. The van der Waals surface area contributed by atoms with E-state index in [2.05, 4.69) is 13.8 Å². The van der Waals surface area contributed by atoms with Crippen molar-refractivity contribution >= 4 is 11.8 Å². The molecule has 1 N–H and O–H groups in total. The zero-order valence-corrected chi connectivity index (χ0v) is 15.3. The second-order valence-electron chi connectivity index (χ2n) is 8.31. The third-order valence-corrected chi connectivity index (χ3v) is 6.20. The summed E-state index contributed by atoms with van der Waals surface area (Å²) in [6.07, 6.45) is 3.75. The van der Waals surface area contributed by atoms with Crippen molar-refractivity contribution in [2.75, 3.05) is 0 Å². The van der Waals surface area contributed by atoms with Gasteiger partial charge in [0.25, 0.3) is 0 Å². The van der Waals surface area contributed by atoms with Gasteiger partial charge in [-0.15, -0.1) is 0 Å². The van der Waals surface area contributed by atoms with Gasteiger partial charge in [0.1, 0.15) is 5.60 Å². The van der Waals surface area contributed by atoms with Crippen LogP contribution in [0.2, 0.25) is 0 Å². The standard InChI is InChI=1S/C20H28O4/c1-10(2)8-14-17-12(4)13-7-6-11(3)16(13)19(23)18(17)20(5,24-14)9-15(21)22/h8,11-14,16H,6-7,9H2,1-5H3,(H,21,22)/t11-,12-,13-,14+,16+,20-/m0/s1. The monoisotopic (exact) mass is 332 g/mol. The zero-order chi connectivity index (χ0) is 17.8. The van der Waals surface area contributed by atoms with Crippen molar-refractivity contribution < 1.29 is 19.4 Å². The van der Waals surface area contributed by atoms with Gasteiger partial charge in [0.05, 0.1) is 12.5 Å². The van der Waals surface area contributed by atoms with Crippen LogP contribution in [0.25, 0.3) is 0 Å². The maximum absolute atomic E-state index is 13.3. The molecule has 4 heteroatoms. The van der Waals surface area contributed by atoms with Crippen molar-refractivity contribution in [3.8, 4) is 0 Å². The first-order chi connectivity index (χ1) is 11.2. The summed E-state index contributed by atoms with van der Waals surface area (Å²) >= 11 is 0. The topological polar surface area (TPSA) is 63.6 Å². The van der Waals surface area contributed by atoms with E-state index in [-0.39, 0.29) is 30.1 Å². The smallest absolute Gasteiger partial charge is 0.306 e. The van der Waals surface area contributed by atoms with Crippen LogP contribution in [0.4, 0.5) is 0 Å². The highest BCUT2D eigenvalue weighted by Gasteiger charge is 2.57. The molecule has 0 aromatic rings. The molecule has 0 saturated heterocycles. The van der Waals surface area contributed by atoms with E-state index < -0.39 is 11.6 Å². The minimum atomic E-state index is -1.02. The number of ketones is 1. The molecule has 0 aromatic carbocycles. The summed E-state index contributed by atoms with van der Waals surface area (Å²) in [5, 5.41) is 9.36. The van der Waals surface area contributed by atoms with Gasteiger partial charge in [0.2, 0.25) is 0 Å². The fourth-order valence-electron chi connectivity index (χ4n) is 5.23. The van der Waals surface area contributed by atoms with Gasteiger partial charge in [0.15, 0.2) is 5.78 Å². The predicted molar refractivity (Wildman–Crippen MR) is 91.5 cm³/mol. The number of allylic oxidation sites excluding steroid dienone is 1. The van der Waals surface area contributed by atoms with E-state index in [1.54, 1.807) is 6.92 Å². The summed E-state index contributed by atoms with van der Waals surface area (Å²) in [6, 6.07) is 0. The van der Waals surface area contributed by atoms with E-state index in [1.165, 1.54) is 0 Å². The first kappa shape index (κ1) is 17.4. The predicted octanol–water partition coefficient (Wildman–Crippen LogP) is 3.76. The van der Waals surface area contributed by atoms with Crippen LogP contribution in [0.15, 0.2) is 22.8 Å². The zero-order valence-electron chi connectivity index (χ0n) is 15.3. The second kappa shape index (κ2) is 5.83. The lowest BCUT2D eigenvalue weighted by molar-refractivity contribution is -0.143. The molecule has 1 fully saturated rings. The molecule has 0 spiro atoms. The van der Waals surface area contributed by atoms with Crippen molar-refractivity contribution in [3.63, 3.8) is 0 Å². The van der Waals surface area contributed by atoms with Crippen LogP contribution in [-0.2, 0) is 14.3 Å². The van der Waals surface area contributed by atoms with Gasteiger partial charge < -0.3 is 9.84 Å². The Labute approximate surface area is 144 Å². The molecule has 0 radical (unpaired) electrons.